The lowest BCUT2D eigenvalue weighted by Gasteiger charge is -2.26. The highest BCUT2D eigenvalue weighted by Gasteiger charge is 2.22. The van der Waals surface area contributed by atoms with Crippen molar-refractivity contribution in [3.05, 3.63) is 53.7 Å². The van der Waals surface area contributed by atoms with Crippen molar-refractivity contribution in [2.75, 3.05) is 32.6 Å². The van der Waals surface area contributed by atoms with Gasteiger partial charge in [-0.2, -0.15) is 0 Å². The van der Waals surface area contributed by atoms with Crippen molar-refractivity contribution in [2.24, 2.45) is 0 Å². The molecule has 1 amide bonds. The second-order valence-corrected chi connectivity index (χ2v) is 7.63. The Morgan fingerprint density at radius 3 is 2.43 bits per heavy atom. The molecule has 6 nitrogen and oxygen atoms in total. The minimum atomic E-state index is -0.0290. The average Bonchev–Trinajstić information content (AvgIpc) is 2.78. The van der Waals surface area contributed by atoms with Crippen molar-refractivity contribution in [3.8, 4) is 11.5 Å². The van der Waals surface area contributed by atoms with E-state index in [0.717, 1.165) is 48.3 Å². The molecule has 2 heterocycles. The van der Waals surface area contributed by atoms with Crippen LogP contribution < -0.4 is 14.8 Å². The van der Waals surface area contributed by atoms with Gasteiger partial charge in [-0.3, -0.25) is 4.79 Å². The Bertz CT molecular complexity index is 1070. The summed E-state index contributed by atoms with van der Waals surface area (Å²) in [6.07, 6.45) is 3.25. The van der Waals surface area contributed by atoms with Crippen LogP contribution in [0.25, 0.3) is 10.9 Å². The fraction of sp³-hybridized carbons (Fsp3) is 0.333. The molecule has 1 aromatic heterocycles. The number of nitrogens with zero attached hydrogens (tertiary/aromatic N) is 2. The van der Waals surface area contributed by atoms with E-state index in [1.807, 2.05) is 35.2 Å². The number of fused-ring (bicyclic) bond motifs is 1. The number of methoxy groups -OCH3 is 2. The molecule has 0 atom stereocenters. The van der Waals surface area contributed by atoms with E-state index < -0.39 is 0 Å². The average molecular weight is 405 g/mol. The first-order valence-electron chi connectivity index (χ1n) is 10.3. The number of ether oxygens (including phenoxy) is 2. The predicted octanol–water partition coefficient (Wildman–Crippen LogP) is 4.93. The van der Waals surface area contributed by atoms with E-state index in [9.17, 15) is 4.79 Å². The summed E-state index contributed by atoms with van der Waals surface area (Å²) in [7, 11) is 3.21. The lowest BCUT2D eigenvalue weighted by atomic mass is 10.1. The van der Waals surface area contributed by atoms with Gasteiger partial charge in [0.05, 0.1) is 25.4 Å². The number of carbonyl (C=O) groups is 1. The molecule has 1 saturated heterocycles. The quantitative estimate of drug-likeness (QED) is 0.652. The van der Waals surface area contributed by atoms with Crippen LogP contribution in [-0.2, 0) is 0 Å². The summed E-state index contributed by atoms with van der Waals surface area (Å²) in [5.41, 5.74) is 4.04. The molecule has 4 rings (SSSR count). The highest BCUT2D eigenvalue weighted by Crippen LogP contribution is 2.36. The summed E-state index contributed by atoms with van der Waals surface area (Å²) in [5, 5.41) is 4.33. The third kappa shape index (κ3) is 4.03. The van der Waals surface area contributed by atoms with Crippen LogP contribution in [0.5, 0.6) is 11.5 Å². The summed E-state index contributed by atoms with van der Waals surface area (Å²) in [4.78, 5) is 19.7. The molecule has 1 aliphatic heterocycles. The Labute approximate surface area is 176 Å². The first kappa shape index (κ1) is 20.0. The zero-order valence-corrected chi connectivity index (χ0v) is 17.7. The third-order valence-electron chi connectivity index (χ3n) is 5.47. The molecular weight excluding hydrogens is 378 g/mol. The van der Waals surface area contributed by atoms with E-state index in [1.165, 1.54) is 6.42 Å². The highest BCUT2D eigenvalue weighted by atomic mass is 16.5. The van der Waals surface area contributed by atoms with Crippen molar-refractivity contribution in [2.45, 2.75) is 26.2 Å². The summed E-state index contributed by atoms with van der Waals surface area (Å²) >= 11 is 0. The summed E-state index contributed by atoms with van der Waals surface area (Å²) < 4.78 is 10.9. The van der Waals surface area contributed by atoms with Crippen molar-refractivity contribution in [3.63, 3.8) is 0 Å². The second-order valence-electron chi connectivity index (χ2n) is 7.63. The van der Waals surface area contributed by atoms with Gasteiger partial charge in [0.2, 0.25) is 0 Å². The fourth-order valence-corrected chi connectivity index (χ4v) is 3.90. The molecule has 6 heteroatoms. The van der Waals surface area contributed by atoms with E-state index in [0.29, 0.717) is 22.7 Å². The Morgan fingerprint density at radius 2 is 1.73 bits per heavy atom. The zero-order valence-electron chi connectivity index (χ0n) is 17.7. The second kappa shape index (κ2) is 8.61. The number of hydrogen-bond donors (Lipinski definition) is 1. The number of nitrogens with one attached hydrogen (secondary N) is 1. The molecule has 1 N–H and O–H groups in total. The van der Waals surface area contributed by atoms with Crippen LogP contribution in [0, 0.1) is 6.92 Å². The van der Waals surface area contributed by atoms with Crippen LogP contribution in [0.1, 0.15) is 35.3 Å². The third-order valence-corrected chi connectivity index (χ3v) is 5.47. The van der Waals surface area contributed by atoms with Crippen LogP contribution in [-0.4, -0.2) is 43.1 Å². The Balaban J connectivity index is 1.83. The van der Waals surface area contributed by atoms with E-state index in [4.69, 9.17) is 9.47 Å². The molecule has 1 fully saturated rings. The monoisotopic (exact) mass is 405 g/mol. The maximum atomic E-state index is 13.2. The fourth-order valence-electron chi connectivity index (χ4n) is 3.90. The maximum absolute atomic E-state index is 13.2. The topological polar surface area (TPSA) is 63.7 Å². The number of benzene rings is 2. The molecular formula is C24H27N3O3. The Hall–Kier alpha value is -3.28. The minimum Gasteiger partial charge on any atom is -0.493 e. The van der Waals surface area contributed by atoms with Crippen LogP contribution >= 0.6 is 0 Å². The van der Waals surface area contributed by atoms with Crippen molar-refractivity contribution < 1.29 is 14.3 Å². The van der Waals surface area contributed by atoms with Crippen molar-refractivity contribution in [1.82, 2.24) is 9.88 Å². The summed E-state index contributed by atoms with van der Waals surface area (Å²) in [6.45, 7) is 3.62. The Morgan fingerprint density at radius 1 is 1.00 bits per heavy atom. The lowest BCUT2D eigenvalue weighted by molar-refractivity contribution is 0.0719. The molecule has 3 aromatic rings. The Kier molecular flexibility index (Phi) is 5.74. The van der Waals surface area contributed by atoms with Crippen molar-refractivity contribution in [1.29, 1.82) is 0 Å². The van der Waals surface area contributed by atoms with Gasteiger partial charge in [-0.25, -0.2) is 4.98 Å². The normalized spacial score (nSPS) is 13.9. The number of pyridine rings is 1. The van der Waals surface area contributed by atoms with Crippen LogP contribution in [0.4, 0.5) is 11.4 Å². The highest BCUT2D eigenvalue weighted by molar-refractivity contribution is 6.01. The molecule has 156 valence electrons. The van der Waals surface area contributed by atoms with Crippen LogP contribution in [0.15, 0.2) is 42.5 Å². The van der Waals surface area contributed by atoms with Gasteiger partial charge in [0.25, 0.3) is 5.91 Å². The number of amides is 1. The number of rotatable bonds is 5. The molecule has 2 aromatic carbocycles. The van der Waals surface area contributed by atoms with E-state index >= 15 is 0 Å². The van der Waals surface area contributed by atoms with Gasteiger partial charge in [0.15, 0.2) is 11.5 Å². The number of piperidine rings is 1. The number of hydrogen-bond acceptors (Lipinski definition) is 5. The zero-order chi connectivity index (χ0) is 21.1. The number of aromatic nitrogens is 1. The van der Waals surface area contributed by atoms with Gasteiger partial charge in [0.1, 0.15) is 5.69 Å². The first-order valence-corrected chi connectivity index (χ1v) is 10.3. The number of carbonyl (C=O) groups excluding carboxylic acids is 1. The molecule has 0 aliphatic carbocycles. The summed E-state index contributed by atoms with van der Waals surface area (Å²) in [5.74, 6) is 1.18. The van der Waals surface area contributed by atoms with Gasteiger partial charge in [0, 0.05) is 30.2 Å². The first-order chi connectivity index (χ1) is 14.6. The molecule has 30 heavy (non-hydrogen) atoms. The van der Waals surface area contributed by atoms with Gasteiger partial charge in [-0.1, -0.05) is 12.1 Å². The van der Waals surface area contributed by atoms with Gasteiger partial charge in [-0.15, -0.1) is 0 Å². The lowest BCUT2D eigenvalue weighted by Crippen LogP contribution is -2.36. The molecule has 0 spiro atoms. The predicted molar refractivity (Wildman–Crippen MR) is 119 cm³/mol. The van der Waals surface area contributed by atoms with Gasteiger partial charge < -0.3 is 19.7 Å². The molecule has 0 saturated carbocycles. The van der Waals surface area contributed by atoms with E-state index in [-0.39, 0.29) is 5.91 Å². The molecule has 0 radical (unpaired) electrons. The van der Waals surface area contributed by atoms with E-state index in [1.54, 1.807) is 14.2 Å². The molecule has 0 unspecified atom stereocenters. The SMILES string of the molecule is COc1cc2nc(C(=O)N3CCCCC3)cc(Nc3cccc(C)c3)c2cc1OC. The standard InChI is InChI=1S/C24H27N3O3/c1-16-8-7-9-17(12-16)25-19-14-21(24(28)27-10-5-4-6-11-27)26-20-15-23(30-3)22(29-2)13-18(19)20/h7-9,12-15H,4-6,10-11H2,1-3H3,(H,25,26). The molecule has 0 bridgehead atoms. The van der Waals surface area contributed by atoms with Gasteiger partial charge >= 0.3 is 0 Å². The molecule has 1 aliphatic rings. The van der Waals surface area contributed by atoms with Crippen molar-refractivity contribution >= 4 is 28.2 Å². The van der Waals surface area contributed by atoms with Crippen LogP contribution in [0.3, 0.4) is 0 Å². The summed E-state index contributed by atoms with van der Waals surface area (Å²) in [6, 6.07) is 13.7. The largest absolute Gasteiger partial charge is 0.493 e. The van der Waals surface area contributed by atoms with Gasteiger partial charge in [-0.05, 0) is 56.0 Å². The van der Waals surface area contributed by atoms with Crippen LogP contribution in [0.2, 0.25) is 0 Å². The minimum absolute atomic E-state index is 0.0290. The number of aryl methyl sites for hydroxylation is 1. The number of likely N-dealkylation sites (tertiary alicyclic amines) is 1. The maximum Gasteiger partial charge on any atom is 0.272 e. The van der Waals surface area contributed by atoms with E-state index in [2.05, 4.69) is 29.4 Å². The number of anilines is 2. The smallest absolute Gasteiger partial charge is 0.272 e.